The Labute approximate surface area is 189 Å². The van der Waals surface area contributed by atoms with E-state index >= 15 is 0 Å². The zero-order valence-corrected chi connectivity index (χ0v) is 19.4. The molecule has 0 spiro atoms. The zero-order valence-electron chi connectivity index (χ0n) is 19.4. The molecule has 0 unspecified atom stereocenters. The molecule has 0 radical (unpaired) electrons. The van der Waals surface area contributed by atoms with Crippen molar-refractivity contribution in [1.29, 1.82) is 0 Å². The summed E-state index contributed by atoms with van der Waals surface area (Å²) in [6.45, 7) is 10.9. The van der Waals surface area contributed by atoms with E-state index in [9.17, 15) is 4.79 Å². The summed E-state index contributed by atoms with van der Waals surface area (Å²) in [4.78, 5) is 29.4. The molecular formula is C25H34N6O. The molecule has 32 heavy (non-hydrogen) atoms. The van der Waals surface area contributed by atoms with Gasteiger partial charge < -0.3 is 9.88 Å². The van der Waals surface area contributed by atoms with Crippen LogP contribution >= 0.6 is 0 Å². The Morgan fingerprint density at radius 2 is 1.62 bits per heavy atom. The number of hydrogen-bond acceptors (Lipinski definition) is 5. The van der Waals surface area contributed by atoms with E-state index in [1.165, 1.54) is 24.0 Å². The van der Waals surface area contributed by atoms with E-state index in [0.29, 0.717) is 6.04 Å². The van der Waals surface area contributed by atoms with Crippen LogP contribution in [0.3, 0.4) is 0 Å². The molecule has 2 aromatic heterocycles. The normalized spacial score (nSPS) is 20.2. The molecule has 2 saturated heterocycles. The minimum Gasteiger partial charge on any atom is -0.306 e. The first kappa shape index (κ1) is 21.3. The molecule has 0 amide bonds. The number of H-pyrrole nitrogens is 1. The van der Waals surface area contributed by atoms with Gasteiger partial charge >= 0.3 is 5.69 Å². The summed E-state index contributed by atoms with van der Waals surface area (Å²) >= 11 is 0. The van der Waals surface area contributed by atoms with Crippen LogP contribution in [-0.2, 0) is 5.54 Å². The second-order valence-electron chi connectivity index (χ2n) is 9.99. The summed E-state index contributed by atoms with van der Waals surface area (Å²) in [7, 11) is 0. The van der Waals surface area contributed by atoms with Crippen LogP contribution in [0.15, 0.2) is 41.7 Å². The van der Waals surface area contributed by atoms with Crippen molar-refractivity contribution in [2.24, 2.45) is 0 Å². The molecule has 0 atom stereocenters. The van der Waals surface area contributed by atoms with Crippen LogP contribution in [0.4, 0.5) is 0 Å². The first-order valence-electron chi connectivity index (χ1n) is 11.9. The van der Waals surface area contributed by atoms with Gasteiger partial charge in [-0.2, -0.15) is 0 Å². The van der Waals surface area contributed by atoms with Gasteiger partial charge in [0.15, 0.2) is 0 Å². The van der Waals surface area contributed by atoms with E-state index in [4.69, 9.17) is 0 Å². The number of fused-ring (bicyclic) bond motifs is 1. The summed E-state index contributed by atoms with van der Waals surface area (Å²) in [5, 5.41) is 0. The second kappa shape index (κ2) is 8.45. The number of aryl methyl sites for hydroxylation is 1. The molecule has 5 rings (SSSR count). The van der Waals surface area contributed by atoms with Crippen molar-refractivity contribution >= 4 is 11.0 Å². The van der Waals surface area contributed by atoms with E-state index in [1.807, 2.05) is 17.0 Å². The van der Waals surface area contributed by atoms with Gasteiger partial charge in [0.25, 0.3) is 0 Å². The van der Waals surface area contributed by atoms with Gasteiger partial charge in [-0.1, -0.05) is 6.07 Å². The molecule has 0 bridgehead atoms. The lowest BCUT2D eigenvalue weighted by atomic mass is 9.90. The molecule has 170 valence electrons. The Balaban J connectivity index is 1.20. The first-order valence-corrected chi connectivity index (χ1v) is 11.9. The van der Waals surface area contributed by atoms with Crippen molar-refractivity contribution in [2.45, 2.75) is 64.1 Å². The Hall–Kier alpha value is -2.51. The molecular weight excluding hydrogens is 400 g/mol. The van der Waals surface area contributed by atoms with Crippen molar-refractivity contribution in [3.63, 3.8) is 0 Å². The van der Waals surface area contributed by atoms with Crippen molar-refractivity contribution < 1.29 is 0 Å². The van der Waals surface area contributed by atoms with Crippen LogP contribution in [0.1, 0.15) is 56.7 Å². The molecule has 1 N–H and O–H groups in total. The smallest absolute Gasteiger partial charge is 0.306 e. The molecule has 0 saturated carbocycles. The van der Waals surface area contributed by atoms with E-state index in [-0.39, 0.29) is 17.3 Å². The molecule has 7 heteroatoms. The van der Waals surface area contributed by atoms with E-state index in [1.54, 1.807) is 6.33 Å². The van der Waals surface area contributed by atoms with Crippen molar-refractivity contribution in [1.82, 2.24) is 29.3 Å². The number of likely N-dealkylation sites (tertiary alicyclic amines) is 2. The molecule has 3 aromatic rings. The van der Waals surface area contributed by atoms with Gasteiger partial charge in [-0.25, -0.2) is 14.8 Å². The standard InChI is InChI=1S/C25H34N6O/c1-18-4-5-23-22(14-18)28-24(32)31(23)21-6-10-29(11-7-21)20-8-12-30(13-9-20)25(2,3)19-15-26-17-27-16-19/h4-5,14-17,20-21H,6-13H2,1-3H3,(H,28,32). The third-order valence-electron chi connectivity index (χ3n) is 7.77. The number of rotatable bonds is 4. The average molecular weight is 435 g/mol. The predicted octanol–water partition coefficient (Wildman–Crippen LogP) is 3.46. The fourth-order valence-electron chi connectivity index (χ4n) is 5.70. The van der Waals surface area contributed by atoms with Gasteiger partial charge in [0.2, 0.25) is 0 Å². The van der Waals surface area contributed by atoms with Gasteiger partial charge in [0, 0.05) is 61.8 Å². The molecule has 0 aliphatic carbocycles. The van der Waals surface area contributed by atoms with Crippen LogP contribution in [0, 0.1) is 6.92 Å². The maximum atomic E-state index is 12.7. The lowest BCUT2D eigenvalue weighted by Crippen LogP contribution is -2.52. The summed E-state index contributed by atoms with van der Waals surface area (Å²) in [5.74, 6) is 0. The van der Waals surface area contributed by atoms with Gasteiger partial charge in [-0.05, 0) is 64.2 Å². The maximum Gasteiger partial charge on any atom is 0.326 e. The van der Waals surface area contributed by atoms with Crippen LogP contribution in [0.2, 0.25) is 0 Å². The number of benzene rings is 1. The minimum absolute atomic E-state index is 0.0319. The highest BCUT2D eigenvalue weighted by Gasteiger charge is 2.35. The fraction of sp³-hybridized carbons (Fsp3) is 0.560. The number of imidazole rings is 1. The highest BCUT2D eigenvalue weighted by atomic mass is 16.1. The van der Waals surface area contributed by atoms with Crippen molar-refractivity contribution in [3.8, 4) is 0 Å². The lowest BCUT2D eigenvalue weighted by molar-refractivity contribution is 0.0342. The lowest BCUT2D eigenvalue weighted by Gasteiger charge is -2.46. The predicted molar refractivity (Wildman–Crippen MR) is 127 cm³/mol. The summed E-state index contributed by atoms with van der Waals surface area (Å²) in [6.07, 6.45) is 9.93. The Bertz CT molecular complexity index is 1120. The average Bonchev–Trinajstić information content (AvgIpc) is 3.14. The topological polar surface area (TPSA) is 70.1 Å². The van der Waals surface area contributed by atoms with Crippen LogP contribution in [0.5, 0.6) is 0 Å². The summed E-state index contributed by atoms with van der Waals surface area (Å²) < 4.78 is 2.00. The fourth-order valence-corrected chi connectivity index (χ4v) is 5.70. The largest absolute Gasteiger partial charge is 0.326 e. The Morgan fingerprint density at radius 1 is 0.969 bits per heavy atom. The Kier molecular flexibility index (Phi) is 5.63. The number of nitrogens with one attached hydrogen (secondary N) is 1. The second-order valence-corrected chi connectivity index (χ2v) is 9.99. The molecule has 1 aromatic carbocycles. The molecule has 2 aliphatic heterocycles. The monoisotopic (exact) mass is 434 g/mol. The van der Waals surface area contributed by atoms with Gasteiger partial charge in [-0.15, -0.1) is 0 Å². The molecule has 2 fully saturated rings. The zero-order chi connectivity index (χ0) is 22.3. The van der Waals surface area contributed by atoms with Crippen molar-refractivity contribution in [3.05, 3.63) is 58.5 Å². The highest BCUT2D eigenvalue weighted by molar-refractivity contribution is 5.76. The minimum atomic E-state index is -0.0475. The quantitative estimate of drug-likeness (QED) is 0.681. The molecule has 2 aliphatic rings. The van der Waals surface area contributed by atoms with Crippen LogP contribution < -0.4 is 5.69 Å². The molecule has 7 nitrogen and oxygen atoms in total. The SMILES string of the molecule is Cc1ccc2c(c1)[nH]c(=O)n2C1CCN(C2CCN(C(C)(C)c3cncnc3)CC2)CC1. The maximum absolute atomic E-state index is 12.7. The Morgan fingerprint density at radius 3 is 2.31 bits per heavy atom. The van der Waals surface area contributed by atoms with Crippen LogP contribution in [-0.4, -0.2) is 61.5 Å². The summed E-state index contributed by atoms with van der Waals surface area (Å²) in [6, 6.07) is 7.17. The third kappa shape index (κ3) is 3.88. The summed E-state index contributed by atoms with van der Waals surface area (Å²) in [5.41, 5.74) is 4.34. The highest BCUT2D eigenvalue weighted by Crippen LogP contribution is 2.33. The number of hydrogen-bond donors (Lipinski definition) is 1. The van der Waals surface area contributed by atoms with E-state index in [0.717, 1.165) is 50.1 Å². The number of piperidine rings is 2. The first-order chi connectivity index (χ1) is 15.4. The van der Waals surface area contributed by atoms with Gasteiger partial charge in [-0.3, -0.25) is 9.47 Å². The number of aromatic amines is 1. The van der Waals surface area contributed by atoms with E-state index in [2.05, 4.69) is 63.7 Å². The van der Waals surface area contributed by atoms with Gasteiger partial charge in [0.05, 0.1) is 11.0 Å². The number of nitrogens with zero attached hydrogens (tertiary/aromatic N) is 5. The van der Waals surface area contributed by atoms with E-state index < -0.39 is 0 Å². The molecule has 4 heterocycles. The van der Waals surface area contributed by atoms with Gasteiger partial charge in [0.1, 0.15) is 6.33 Å². The third-order valence-corrected chi connectivity index (χ3v) is 7.77. The van der Waals surface area contributed by atoms with Crippen LogP contribution in [0.25, 0.3) is 11.0 Å². The number of aromatic nitrogens is 4. The van der Waals surface area contributed by atoms with Crippen molar-refractivity contribution in [2.75, 3.05) is 26.2 Å².